The van der Waals surface area contributed by atoms with Crippen LogP contribution in [0.25, 0.3) is 0 Å². The van der Waals surface area contributed by atoms with Gasteiger partial charge in [-0.25, -0.2) is 0 Å². The maximum absolute atomic E-state index is 11.1. The van der Waals surface area contributed by atoms with Crippen molar-refractivity contribution >= 4 is 11.8 Å². The number of carbonyl (C=O) groups is 2. The Morgan fingerprint density at radius 3 is 2.38 bits per heavy atom. The lowest BCUT2D eigenvalue weighted by Crippen LogP contribution is -2.51. The molecule has 1 unspecified atom stereocenters. The SMILES string of the molecule is CC(C)C(=O)NNC(=O)C1CCO1. The lowest BCUT2D eigenvalue weighted by atomic mass is 10.2. The van der Waals surface area contributed by atoms with Crippen LogP contribution in [-0.2, 0) is 14.3 Å². The molecule has 5 nitrogen and oxygen atoms in total. The van der Waals surface area contributed by atoms with Crippen LogP contribution in [0.4, 0.5) is 0 Å². The zero-order valence-corrected chi connectivity index (χ0v) is 7.79. The van der Waals surface area contributed by atoms with Crippen LogP contribution in [-0.4, -0.2) is 24.5 Å². The first kappa shape index (κ1) is 9.98. The molecule has 0 spiro atoms. The maximum Gasteiger partial charge on any atom is 0.267 e. The van der Waals surface area contributed by atoms with Gasteiger partial charge in [-0.05, 0) is 0 Å². The molecule has 0 aliphatic carbocycles. The fourth-order valence-electron chi connectivity index (χ4n) is 0.791. The normalized spacial score (nSPS) is 20.7. The maximum atomic E-state index is 11.1. The summed E-state index contributed by atoms with van der Waals surface area (Å²) in [6.07, 6.45) is 0.344. The summed E-state index contributed by atoms with van der Waals surface area (Å²) >= 11 is 0. The molecular formula is C8H14N2O3. The smallest absolute Gasteiger partial charge is 0.267 e. The molecule has 1 aliphatic heterocycles. The highest BCUT2D eigenvalue weighted by Crippen LogP contribution is 2.09. The van der Waals surface area contributed by atoms with Crippen LogP contribution in [0.3, 0.4) is 0 Å². The molecule has 1 saturated heterocycles. The predicted octanol–water partition coefficient (Wildman–Crippen LogP) is -0.421. The van der Waals surface area contributed by atoms with Crippen molar-refractivity contribution in [2.45, 2.75) is 26.4 Å². The highest BCUT2D eigenvalue weighted by molar-refractivity contribution is 5.85. The van der Waals surface area contributed by atoms with Gasteiger partial charge >= 0.3 is 0 Å². The van der Waals surface area contributed by atoms with Gasteiger partial charge < -0.3 is 4.74 Å². The third-order valence-electron chi connectivity index (χ3n) is 1.82. The molecule has 1 atom stereocenters. The van der Waals surface area contributed by atoms with Crippen molar-refractivity contribution < 1.29 is 14.3 Å². The molecule has 0 radical (unpaired) electrons. The molecule has 1 aliphatic rings. The van der Waals surface area contributed by atoms with E-state index in [0.717, 1.165) is 6.42 Å². The van der Waals surface area contributed by atoms with Crippen molar-refractivity contribution in [3.63, 3.8) is 0 Å². The largest absolute Gasteiger partial charge is 0.368 e. The van der Waals surface area contributed by atoms with Crippen molar-refractivity contribution in [3.8, 4) is 0 Å². The Morgan fingerprint density at radius 2 is 2.00 bits per heavy atom. The van der Waals surface area contributed by atoms with Gasteiger partial charge in [-0.3, -0.25) is 20.4 Å². The minimum absolute atomic E-state index is 0.136. The number of hydrogen-bond acceptors (Lipinski definition) is 3. The van der Waals surface area contributed by atoms with Gasteiger partial charge in [0.2, 0.25) is 5.91 Å². The summed E-state index contributed by atoms with van der Waals surface area (Å²) in [6.45, 7) is 4.12. The molecule has 1 rings (SSSR count). The predicted molar refractivity (Wildman–Crippen MR) is 45.5 cm³/mol. The Morgan fingerprint density at radius 1 is 1.38 bits per heavy atom. The number of rotatable bonds is 2. The van der Waals surface area contributed by atoms with Crippen LogP contribution in [0.2, 0.25) is 0 Å². The summed E-state index contributed by atoms with van der Waals surface area (Å²) in [5.41, 5.74) is 4.61. The molecule has 5 heteroatoms. The van der Waals surface area contributed by atoms with E-state index in [2.05, 4.69) is 10.9 Å². The number of ether oxygens (including phenoxy) is 1. The van der Waals surface area contributed by atoms with Crippen molar-refractivity contribution in [2.24, 2.45) is 5.92 Å². The van der Waals surface area contributed by atoms with Crippen molar-refractivity contribution in [1.82, 2.24) is 10.9 Å². The van der Waals surface area contributed by atoms with E-state index in [1.165, 1.54) is 0 Å². The van der Waals surface area contributed by atoms with Gasteiger partial charge in [0.05, 0.1) is 6.61 Å². The standard InChI is InChI=1S/C8H14N2O3/c1-5(2)7(11)9-10-8(12)6-3-4-13-6/h5-6H,3-4H2,1-2H3,(H,9,11)(H,10,12). The Labute approximate surface area is 76.8 Å². The second-order valence-electron chi connectivity index (χ2n) is 3.28. The molecule has 2 N–H and O–H groups in total. The first-order valence-electron chi connectivity index (χ1n) is 4.32. The summed E-state index contributed by atoms with van der Waals surface area (Å²) in [5.74, 6) is -0.615. The third-order valence-corrected chi connectivity index (χ3v) is 1.82. The Balaban J connectivity index is 2.17. The zero-order chi connectivity index (χ0) is 9.84. The van der Waals surface area contributed by atoms with E-state index in [0.29, 0.717) is 6.61 Å². The van der Waals surface area contributed by atoms with Gasteiger partial charge in [0.1, 0.15) is 6.10 Å². The summed E-state index contributed by atoms with van der Waals surface area (Å²) in [5, 5.41) is 0. The second kappa shape index (κ2) is 4.23. The van der Waals surface area contributed by atoms with E-state index in [1.54, 1.807) is 13.8 Å². The van der Waals surface area contributed by atoms with E-state index < -0.39 is 0 Å². The molecule has 74 valence electrons. The van der Waals surface area contributed by atoms with Gasteiger partial charge in [0, 0.05) is 12.3 Å². The molecule has 0 aromatic rings. The number of nitrogens with one attached hydrogen (secondary N) is 2. The van der Waals surface area contributed by atoms with E-state index in [1.807, 2.05) is 0 Å². The van der Waals surface area contributed by atoms with Crippen LogP contribution in [0.1, 0.15) is 20.3 Å². The quantitative estimate of drug-likeness (QED) is 0.575. The molecule has 1 heterocycles. The minimum atomic E-state index is -0.382. The van der Waals surface area contributed by atoms with E-state index in [4.69, 9.17) is 4.74 Å². The fourth-order valence-corrected chi connectivity index (χ4v) is 0.791. The lowest BCUT2D eigenvalue weighted by molar-refractivity contribution is -0.147. The average Bonchev–Trinajstić information content (AvgIpc) is 1.96. The first-order valence-corrected chi connectivity index (χ1v) is 4.32. The van der Waals surface area contributed by atoms with Crippen LogP contribution in [0.15, 0.2) is 0 Å². The van der Waals surface area contributed by atoms with Crippen LogP contribution < -0.4 is 10.9 Å². The topological polar surface area (TPSA) is 67.4 Å². The molecule has 0 aromatic carbocycles. The van der Waals surface area contributed by atoms with Gasteiger partial charge in [0.25, 0.3) is 5.91 Å². The minimum Gasteiger partial charge on any atom is -0.368 e. The zero-order valence-electron chi connectivity index (χ0n) is 7.79. The van der Waals surface area contributed by atoms with E-state index in [9.17, 15) is 9.59 Å². The summed E-state index contributed by atoms with van der Waals surface area (Å²) in [6, 6.07) is 0. The Kier molecular flexibility index (Phi) is 3.25. The summed E-state index contributed by atoms with van der Waals surface area (Å²) < 4.78 is 4.92. The molecule has 13 heavy (non-hydrogen) atoms. The molecule has 0 saturated carbocycles. The van der Waals surface area contributed by atoms with Crippen molar-refractivity contribution in [1.29, 1.82) is 0 Å². The molecule has 2 amide bonds. The van der Waals surface area contributed by atoms with Gasteiger partial charge in [0.15, 0.2) is 0 Å². The van der Waals surface area contributed by atoms with Crippen LogP contribution in [0, 0.1) is 5.92 Å². The molecule has 0 aromatic heterocycles. The number of amides is 2. The summed E-state index contributed by atoms with van der Waals surface area (Å²) in [7, 11) is 0. The van der Waals surface area contributed by atoms with Crippen LogP contribution in [0.5, 0.6) is 0 Å². The van der Waals surface area contributed by atoms with Crippen LogP contribution >= 0.6 is 0 Å². The summed E-state index contributed by atoms with van der Waals surface area (Å²) in [4.78, 5) is 22.1. The highest BCUT2D eigenvalue weighted by atomic mass is 16.5. The molecule has 0 bridgehead atoms. The van der Waals surface area contributed by atoms with Gasteiger partial charge in [-0.2, -0.15) is 0 Å². The number of carbonyl (C=O) groups excluding carboxylic acids is 2. The molecular weight excluding hydrogens is 172 g/mol. The van der Waals surface area contributed by atoms with Gasteiger partial charge in [-0.1, -0.05) is 13.8 Å². The second-order valence-corrected chi connectivity index (χ2v) is 3.28. The average molecular weight is 186 g/mol. The highest BCUT2D eigenvalue weighted by Gasteiger charge is 2.26. The monoisotopic (exact) mass is 186 g/mol. The van der Waals surface area contributed by atoms with E-state index in [-0.39, 0.29) is 23.8 Å². The van der Waals surface area contributed by atoms with Gasteiger partial charge in [-0.15, -0.1) is 0 Å². The number of hydrazine groups is 1. The molecule has 1 fully saturated rings. The van der Waals surface area contributed by atoms with E-state index >= 15 is 0 Å². The third kappa shape index (κ3) is 2.69. The van der Waals surface area contributed by atoms with Crippen molar-refractivity contribution in [2.75, 3.05) is 6.61 Å². The lowest BCUT2D eigenvalue weighted by Gasteiger charge is -2.25. The Hall–Kier alpha value is -1.10. The Bertz CT molecular complexity index is 211. The number of hydrogen-bond donors (Lipinski definition) is 2. The first-order chi connectivity index (χ1) is 6.11. The van der Waals surface area contributed by atoms with Crippen molar-refractivity contribution in [3.05, 3.63) is 0 Å². The fraction of sp³-hybridized carbons (Fsp3) is 0.750.